The third-order valence-corrected chi connectivity index (χ3v) is 6.44. The monoisotopic (exact) mass is 608 g/mol. The maximum Gasteiger partial charge on any atom is 0.422 e. The van der Waals surface area contributed by atoms with E-state index in [-0.39, 0.29) is 29.7 Å². The quantitative estimate of drug-likeness (QED) is 0.253. The molecule has 0 spiro atoms. The van der Waals surface area contributed by atoms with Crippen LogP contribution in [0.1, 0.15) is 25.8 Å². The van der Waals surface area contributed by atoms with Gasteiger partial charge in [0, 0.05) is 30.8 Å². The number of halogens is 4. The van der Waals surface area contributed by atoms with Gasteiger partial charge in [-0.05, 0) is 35.0 Å². The van der Waals surface area contributed by atoms with E-state index in [0.29, 0.717) is 35.7 Å². The number of alkyl halides is 3. The fraction of sp³-hybridized carbons (Fsp3) is 0.375. The van der Waals surface area contributed by atoms with Crippen LogP contribution in [-0.4, -0.2) is 71.0 Å². The zero-order valence-corrected chi connectivity index (χ0v) is 22.7. The number of primary amides is 1. The minimum atomic E-state index is -4.57. The molecule has 1 atom stereocenters. The molecule has 3 heterocycles. The fourth-order valence-corrected chi connectivity index (χ4v) is 4.30. The van der Waals surface area contributed by atoms with E-state index >= 15 is 0 Å². The lowest BCUT2D eigenvalue weighted by molar-refractivity contribution is -0.154. The van der Waals surface area contributed by atoms with Gasteiger partial charge in [-0.3, -0.25) is 4.68 Å². The van der Waals surface area contributed by atoms with Crippen LogP contribution in [-0.2, 0) is 11.3 Å². The SMILES string of the molecule is CC(Cn1cnnn1)Oc1cc(-c2cnc(Nc3cn(C4CC(OC(N)=O)C4)nc3OCC(F)(F)F)nc2)ccc1Cl. The third kappa shape index (κ3) is 7.34. The van der Waals surface area contributed by atoms with Crippen LogP contribution in [0.25, 0.3) is 11.1 Å². The number of aromatic nitrogens is 8. The Hall–Kier alpha value is -4.67. The second-order valence-electron chi connectivity index (χ2n) is 9.44. The minimum absolute atomic E-state index is 0.0965. The van der Waals surface area contributed by atoms with Gasteiger partial charge in [-0.25, -0.2) is 19.4 Å². The summed E-state index contributed by atoms with van der Waals surface area (Å²) in [5.41, 5.74) is 6.51. The molecule has 0 radical (unpaired) electrons. The van der Waals surface area contributed by atoms with Gasteiger partial charge in [0.2, 0.25) is 5.95 Å². The van der Waals surface area contributed by atoms with Crippen LogP contribution in [0.4, 0.5) is 29.6 Å². The molecule has 42 heavy (non-hydrogen) atoms. The molecule has 3 N–H and O–H groups in total. The van der Waals surface area contributed by atoms with Crippen LogP contribution in [0.3, 0.4) is 0 Å². The second-order valence-corrected chi connectivity index (χ2v) is 9.85. The topological polar surface area (TPSA) is 170 Å². The number of carbonyl (C=O) groups excluding carboxylic acids is 1. The number of nitrogens with one attached hydrogen (secondary N) is 1. The molecule has 1 saturated carbocycles. The van der Waals surface area contributed by atoms with Crippen molar-refractivity contribution in [3.05, 3.63) is 48.1 Å². The molecule has 1 aliphatic carbocycles. The molecule has 1 aliphatic rings. The van der Waals surface area contributed by atoms with E-state index in [0.717, 1.165) is 5.56 Å². The van der Waals surface area contributed by atoms with E-state index in [4.69, 9.17) is 31.5 Å². The first-order chi connectivity index (χ1) is 20.0. The molecule has 3 aromatic heterocycles. The number of tetrazole rings is 1. The number of rotatable bonds is 11. The third-order valence-electron chi connectivity index (χ3n) is 6.12. The van der Waals surface area contributed by atoms with Gasteiger partial charge < -0.3 is 25.3 Å². The second kappa shape index (κ2) is 12.1. The van der Waals surface area contributed by atoms with Gasteiger partial charge in [0.05, 0.1) is 23.8 Å². The first-order valence-corrected chi connectivity index (χ1v) is 12.9. The highest BCUT2D eigenvalue weighted by atomic mass is 35.5. The van der Waals surface area contributed by atoms with Crippen molar-refractivity contribution < 1.29 is 32.2 Å². The van der Waals surface area contributed by atoms with E-state index in [9.17, 15) is 18.0 Å². The lowest BCUT2D eigenvalue weighted by Gasteiger charge is -2.33. The molecular weight excluding hydrogens is 585 g/mol. The Morgan fingerprint density at radius 3 is 2.67 bits per heavy atom. The number of hydrogen-bond acceptors (Lipinski definition) is 11. The predicted molar refractivity (Wildman–Crippen MR) is 140 cm³/mol. The van der Waals surface area contributed by atoms with Gasteiger partial charge in [0.15, 0.2) is 6.61 Å². The molecule has 1 aromatic carbocycles. The minimum Gasteiger partial charge on any atom is -0.487 e. The van der Waals surface area contributed by atoms with Crippen LogP contribution in [0, 0.1) is 0 Å². The smallest absolute Gasteiger partial charge is 0.422 e. The van der Waals surface area contributed by atoms with Gasteiger partial charge in [0.1, 0.15) is 30.0 Å². The molecule has 4 aromatic rings. The molecule has 0 bridgehead atoms. The van der Waals surface area contributed by atoms with Crippen molar-refractivity contribution >= 4 is 29.3 Å². The molecule has 14 nitrogen and oxygen atoms in total. The molecule has 1 amide bonds. The number of benzene rings is 1. The van der Waals surface area contributed by atoms with Crippen LogP contribution >= 0.6 is 11.6 Å². The summed E-state index contributed by atoms with van der Waals surface area (Å²) in [6.45, 7) is 0.720. The van der Waals surface area contributed by atoms with E-state index in [1.165, 1.54) is 34.3 Å². The number of anilines is 2. The number of nitrogens with zero attached hydrogens (tertiary/aromatic N) is 8. The molecular formula is C24H24ClF3N10O4. The summed E-state index contributed by atoms with van der Waals surface area (Å²) in [6.07, 6.45) is 0.678. The summed E-state index contributed by atoms with van der Waals surface area (Å²) in [5, 5.41) is 18.4. The van der Waals surface area contributed by atoms with Crippen molar-refractivity contribution in [3.63, 3.8) is 0 Å². The van der Waals surface area contributed by atoms with Gasteiger partial charge in [-0.2, -0.15) is 13.2 Å². The van der Waals surface area contributed by atoms with E-state index in [1.807, 2.05) is 6.92 Å². The summed E-state index contributed by atoms with van der Waals surface area (Å²) >= 11 is 6.33. The Bertz CT molecular complexity index is 1510. The predicted octanol–water partition coefficient (Wildman–Crippen LogP) is 3.93. The molecule has 1 fully saturated rings. The average molecular weight is 609 g/mol. The molecule has 222 valence electrons. The number of hydrogen-bond donors (Lipinski definition) is 2. The highest BCUT2D eigenvalue weighted by Gasteiger charge is 2.35. The van der Waals surface area contributed by atoms with E-state index in [1.54, 1.807) is 18.2 Å². The first kappa shape index (κ1) is 28.8. The number of amides is 1. The van der Waals surface area contributed by atoms with Gasteiger partial charge in [-0.1, -0.05) is 17.7 Å². The lowest BCUT2D eigenvalue weighted by Crippen LogP contribution is -2.36. The molecule has 1 unspecified atom stereocenters. The van der Waals surface area contributed by atoms with Crippen LogP contribution in [0.2, 0.25) is 5.02 Å². The molecule has 0 saturated heterocycles. The average Bonchev–Trinajstić information content (AvgIpc) is 3.56. The zero-order valence-electron chi connectivity index (χ0n) is 21.9. The summed E-state index contributed by atoms with van der Waals surface area (Å²) in [6, 6.07) is 4.97. The van der Waals surface area contributed by atoms with Gasteiger partial charge in [0.25, 0.3) is 5.88 Å². The van der Waals surface area contributed by atoms with Crippen molar-refractivity contribution in [2.45, 2.75) is 50.7 Å². The number of ether oxygens (including phenoxy) is 3. The Kier molecular flexibility index (Phi) is 8.28. The van der Waals surface area contributed by atoms with Crippen molar-refractivity contribution in [1.29, 1.82) is 0 Å². The lowest BCUT2D eigenvalue weighted by atomic mass is 9.89. The summed E-state index contributed by atoms with van der Waals surface area (Å²) in [7, 11) is 0. The molecule has 5 rings (SSSR count). The van der Waals surface area contributed by atoms with Crippen LogP contribution in [0.15, 0.2) is 43.1 Å². The van der Waals surface area contributed by atoms with Gasteiger partial charge >= 0.3 is 12.3 Å². The fourth-order valence-electron chi connectivity index (χ4n) is 4.14. The number of nitrogens with two attached hydrogens (primary N) is 1. The largest absolute Gasteiger partial charge is 0.487 e. The highest BCUT2D eigenvalue weighted by molar-refractivity contribution is 6.32. The Balaban J connectivity index is 1.28. The maximum atomic E-state index is 12.8. The Morgan fingerprint density at radius 1 is 1.24 bits per heavy atom. The summed E-state index contributed by atoms with van der Waals surface area (Å²) in [5.74, 6) is 0.254. The number of carbonyl (C=O) groups is 1. The van der Waals surface area contributed by atoms with Crippen molar-refractivity contribution in [1.82, 2.24) is 40.0 Å². The molecule has 0 aliphatic heterocycles. The Morgan fingerprint density at radius 2 is 2.00 bits per heavy atom. The highest BCUT2D eigenvalue weighted by Crippen LogP contribution is 2.37. The van der Waals surface area contributed by atoms with Crippen molar-refractivity contribution in [3.8, 4) is 22.8 Å². The van der Waals surface area contributed by atoms with Crippen LogP contribution < -0.4 is 20.5 Å². The zero-order chi connectivity index (χ0) is 29.9. The van der Waals surface area contributed by atoms with E-state index < -0.39 is 25.0 Å². The maximum absolute atomic E-state index is 12.8. The normalized spacial score (nSPS) is 17.3. The first-order valence-electron chi connectivity index (χ1n) is 12.5. The van der Waals surface area contributed by atoms with Crippen molar-refractivity contribution in [2.24, 2.45) is 5.73 Å². The summed E-state index contributed by atoms with van der Waals surface area (Å²) in [4.78, 5) is 19.5. The van der Waals surface area contributed by atoms with Crippen LogP contribution in [0.5, 0.6) is 11.6 Å². The standard InChI is InChI=1S/C24H24ClF3N10O4/c1-13(9-37-12-32-35-36-37)41-20-4-14(2-3-18(20)25)15-7-30-23(31-8-15)33-19-10-38(16-5-17(6-16)42-22(29)39)34-21(19)40-11-24(26,27)28/h2-4,7-8,10,12-13,16-17H,5-6,9,11H2,1H3,(H2,29,39)(H,30,31,33). The van der Waals surface area contributed by atoms with Gasteiger partial charge in [-0.15, -0.1) is 10.2 Å². The van der Waals surface area contributed by atoms with E-state index in [2.05, 4.69) is 35.9 Å². The Labute approximate surface area is 240 Å². The summed E-state index contributed by atoms with van der Waals surface area (Å²) < 4.78 is 57.3. The molecule has 18 heteroatoms. The van der Waals surface area contributed by atoms with Crippen molar-refractivity contribution in [2.75, 3.05) is 11.9 Å².